The number of hydrogen-bond acceptors (Lipinski definition) is 10. The standard InChI is InChI=1S/2C23H31N3O4S.2ClH.3H2O/c2*1-31(30)15-13-21(23(29)25-14-5-8-17-6-3-2-4-7-17)26-22(28)20(24)16-18-9-11-19(27)12-10-18;;;;;/h2*2-4,6-7,9-12,20-21,27H,5,8,13-16,24H2,1H3,(H,25,29)(H,26,28);2*1H;3*1H2/t2*20-,21+,31?;;;;;/m00...../s1. The van der Waals surface area contributed by atoms with E-state index in [0.717, 1.165) is 36.8 Å². The summed E-state index contributed by atoms with van der Waals surface area (Å²) in [6.45, 7) is 0.962. The van der Waals surface area contributed by atoms with E-state index in [1.54, 1.807) is 36.8 Å². The molecule has 0 aliphatic heterocycles. The number of benzene rings is 4. The van der Waals surface area contributed by atoms with Crippen LogP contribution < -0.4 is 32.7 Å². The fraction of sp³-hybridized carbons (Fsp3) is 0.391. The van der Waals surface area contributed by atoms with Gasteiger partial charge >= 0.3 is 0 Å². The lowest BCUT2D eigenvalue weighted by molar-refractivity contribution is -0.129. The van der Waals surface area contributed by atoms with Crippen LogP contribution in [-0.4, -0.2) is 120 Å². The van der Waals surface area contributed by atoms with Crippen molar-refractivity contribution in [1.29, 1.82) is 0 Å². The van der Waals surface area contributed by atoms with Gasteiger partial charge in [0, 0.05) is 58.7 Å². The maximum absolute atomic E-state index is 12.6. The number of amides is 4. The van der Waals surface area contributed by atoms with E-state index in [1.807, 2.05) is 60.7 Å². The molecule has 0 bridgehead atoms. The molecule has 0 heterocycles. The molecular formula is C46H70Cl2N6O11S2. The fourth-order valence-electron chi connectivity index (χ4n) is 6.16. The van der Waals surface area contributed by atoms with Crippen molar-refractivity contribution >= 4 is 70.0 Å². The van der Waals surface area contributed by atoms with Gasteiger partial charge in [0.05, 0.1) is 12.1 Å². The molecule has 4 aromatic rings. The number of phenolic OH excluding ortho intramolecular Hbond substituents is 2. The Bertz CT molecular complexity index is 1880. The Hall–Kier alpha value is -4.96. The van der Waals surface area contributed by atoms with E-state index in [-0.39, 0.29) is 90.2 Å². The van der Waals surface area contributed by atoms with Gasteiger partial charge in [-0.15, -0.1) is 24.8 Å². The molecular weight excluding hydrogens is 948 g/mol. The molecule has 0 spiro atoms. The first-order valence-electron chi connectivity index (χ1n) is 20.6. The lowest BCUT2D eigenvalue weighted by Crippen LogP contribution is -2.52. The highest BCUT2D eigenvalue weighted by molar-refractivity contribution is 7.84. The first-order chi connectivity index (χ1) is 29.7. The van der Waals surface area contributed by atoms with E-state index in [2.05, 4.69) is 21.3 Å². The van der Waals surface area contributed by atoms with Crippen molar-refractivity contribution in [3.63, 3.8) is 0 Å². The van der Waals surface area contributed by atoms with Crippen LogP contribution >= 0.6 is 24.8 Å². The number of rotatable bonds is 24. The predicted octanol–water partition coefficient (Wildman–Crippen LogP) is 0.898. The van der Waals surface area contributed by atoms with Crippen LogP contribution in [0.2, 0.25) is 0 Å². The maximum Gasteiger partial charge on any atom is 0.242 e. The van der Waals surface area contributed by atoms with Crippen LogP contribution in [0.25, 0.3) is 0 Å². The minimum absolute atomic E-state index is 0. The molecule has 0 aromatic heterocycles. The molecule has 0 saturated heterocycles. The van der Waals surface area contributed by atoms with Crippen LogP contribution in [0.5, 0.6) is 11.5 Å². The number of halogens is 2. The maximum atomic E-state index is 12.6. The van der Waals surface area contributed by atoms with Crippen molar-refractivity contribution in [2.75, 3.05) is 37.1 Å². The van der Waals surface area contributed by atoms with Gasteiger partial charge in [-0.1, -0.05) is 84.9 Å². The van der Waals surface area contributed by atoms with Gasteiger partial charge in [0.1, 0.15) is 23.6 Å². The highest BCUT2D eigenvalue weighted by Gasteiger charge is 2.25. The van der Waals surface area contributed by atoms with Crippen LogP contribution in [0.4, 0.5) is 0 Å². The van der Waals surface area contributed by atoms with Crippen LogP contribution in [0.3, 0.4) is 0 Å². The zero-order valence-corrected chi connectivity index (χ0v) is 41.1. The minimum atomic E-state index is -1.08. The molecule has 0 fully saturated rings. The monoisotopic (exact) mass is 1020 g/mol. The summed E-state index contributed by atoms with van der Waals surface area (Å²) in [5.74, 6) is -0.617. The summed E-state index contributed by atoms with van der Waals surface area (Å²) >= 11 is 0. The van der Waals surface area contributed by atoms with Gasteiger partial charge < -0.3 is 59.4 Å². The second kappa shape index (κ2) is 37.1. The Morgan fingerprint density at radius 2 is 0.821 bits per heavy atom. The largest absolute Gasteiger partial charge is 0.508 e. The number of nitrogens with two attached hydrogens (primary N) is 2. The molecule has 0 aliphatic rings. The number of carbonyl (C=O) groups is 4. The van der Waals surface area contributed by atoms with Gasteiger partial charge in [-0.2, -0.15) is 0 Å². The average Bonchev–Trinajstić information content (AvgIpc) is 3.26. The molecule has 16 N–H and O–H groups in total. The van der Waals surface area contributed by atoms with Gasteiger partial charge in [0.25, 0.3) is 0 Å². The van der Waals surface area contributed by atoms with Gasteiger partial charge in [0.15, 0.2) is 0 Å². The lowest BCUT2D eigenvalue weighted by atomic mass is 10.1. The van der Waals surface area contributed by atoms with Crippen molar-refractivity contribution in [2.24, 2.45) is 11.5 Å². The Morgan fingerprint density at radius 3 is 1.12 bits per heavy atom. The van der Waals surface area contributed by atoms with Crippen molar-refractivity contribution in [2.45, 2.75) is 75.5 Å². The highest BCUT2D eigenvalue weighted by atomic mass is 35.5. The third kappa shape index (κ3) is 28.1. The summed E-state index contributed by atoms with van der Waals surface area (Å²) in [7, 11) is -2.16. The molecule has 0 radical (unpaired) electrons. The number of nitrogens with one attached hydrogen (secondary N) is 4. The summed E-state index contributed by atoms with van der Waals surface area (Å²) in [5.41, 5.74) is 16.0. The number of hydrogen-bond donors (Lipinski definition) is 8. The first-order valence-corrected chi connectivity index (χ1v) is 24.1. The number of aryl methyl sites for hydroxylation is 2. The van der Waals surface area contributed by atoms with Crippen LogP contribution in [0.1, 0.15) is 47.9 Å². The zero-order chi connectivity index (χ0) is 45.3. The van der Waals surface area contributed by atoms with Crippen molar-refractivity contribution in [1.82, 2.24) is 21.3 Å². The second-order valence-electron chi connectivity index (χ2n) is 15.0. The quantitative estimate of drug-likeness (QED) is 0.0459. The van der Waals surface area contributed by atoms with Crippen molar-refractivity contribution < 1.29 is 54.2 Å². The number of phenols is 2. The van der Waals surface area contributed by atoms with Gasteiger partial charge in [-0.25, -0.2) is 0 Å². The predicted molar refractivity (Wildman–Crippen MR) is 271 cm³/mol. The first kappa shape index (κ1) is 66.3. The molecule has 0 saturated carbocycles. The summed E-state index contributed by atoms with van der Waals surface area (Å²) in [6, 6.07) is 29.6. The lowest BCUT2D eigenvalue weighted by Gasteiger charge is -2.20. The zero-order valence-electron chi connectivity index (χ0n) is 37.8. The van der Waals surface area contributed by atoms with Crippen molar-refractivity contribution in [3.05, 3.63) is 131 Å². The second-order valence-corrected chi connectivity index (χ2v) is 18.1. The minimum Gasteiger partial charge on any atom is -0.508 e. The molecule has 6 atom stereocenters. The SMILES string of the molecule is CS(=O)CC[C@@H](NC(=O)[C@@H](N)Cc1ccc(O)cc1)C(=O)NCCCc1ccccc1.CS(=O)CC[C@@H](NC(=O)[C@@H](N)Cc1ccc(O)cc1)C(=O)NCCCc1ccccc1.Cl.Cl.O.O.O. The molecule has 2 unspecified atom stereocenters. The van der Waals surface area contributed by atoms with E-state index in [9.17, 15) is 37.8 Å². The fourth-order valence-corrected chi connectivity index (χ4v) is 7.30. The summed E-state index contributed by atoms with van der Waals surface area (Å²) < 4.78 is 23.0. The third-order valence-corrected chi connectivity index (χ3v) is 11.3. The molecule has 376 valence electrons. The van der Waals surface area contributed by atoms with Crippen LogP contribution in [0.15, 0.2) is 109 Å². The van der Waals surface area contributed by atoms with Crippen molar-refractivity contribution in [3.8, 4) is 11.5 Å². The topological polar surface area (TPSA) is 338 Å². The molecule has 4 aromatic carbocycles. The van der Waals surface area contributed by atoms with E-state index in [1.165, 1.54) is 35.4 Å². The Balaban J connectivity index is -0.00000114. The molecule has 4 rings (SSSR count). The number of aromatic hydroxyl groups is 2. The van der Waals surface area contributed by atoms with Gasteiger partial charge in [0.2, 0.25) is 23.6 Å². The van der Waals surface area contributed by atoms with E-state index >= 15 is 0 Å². The molecule has 0 aliphatic carbocycles. The molecule has 21 heteroatoms. The summed E-state index contributed by atoms with van der Waals surface area (Å²) in [6.07, 6.45) is 7.45. The van der Waals surface area contributed by atoms with Gasteiger partial charge in [-0.05, 0) is 97.9 Å². The van der Waals surface area contributed by atoms with E-state index < -0.39 is 57.6 Å². The number of carbonyl (C=O) groups excluding carboxylic acids is 4. The highest BCUT2D eigenvalue weighted by Crippen LogP contribution is 2.13. The van der Waals surface area contributed by atoms with Gasteiger partial charge in [-0.3, -0.25) is 27.6 Å². The molecule has 17 nitrogen and oxygen atoms in total. The Kier molecular flexibility index (Phi) is 36.7. The summed E-state index contributed by atoms with van der Waals surface area (Å²) in [5, 5.41) is 29.8. The average molecular weight is 1020 g/mol. The molecule has 67 heavy (non-hydrogen) atoms. The van der Waals surface area contributed by atoms with Crippen LogP contribution in [-0.2, 0) is 66.5 Å². The van der Waals surface area contributed by atoms with Crippen LogP contribution in [0, 0.1) is 0 Å². The van der Waals surface area contributed by atoms with E-state index in [0.29, 0.717) is 24.6 Å². The molecule has 4 amide bonds. The third-order valence-electron chi connectivity index (χ3n) is 9.68. The normalized spacial score (nSPS) is 12.7. The Labute approximate surface area is 410 Å². The summed E-state index contributed by atoms with van der Waals surface area (Å²) in [4.78, 5) is 50.4. The van der Waals surface area contributed by atoms with E-state index in [4.69, 9.17) is 11.5 Å². The smallest absolute Gasteiger partial charge is 0.242 e. The Morgan fingerprint density at radius 1 is 0.507 bits per heavy atom.